The number of rotatable bonds is 6. The number of hydrogen-bond acceptors (Lipinski definition) is 5. The summed E-state index contributed by atoms with van der Waals surface area (Å²) in [5, 5.41) is 14.1. The van der Waals surface area contributed by atoms with Crippen molar-refractivity contribution in [3.63, 3.8) is 0 Å². The number of ether oxygens (including phenoxy) is 1. The van der Waals surface area contributed by atoms with E-state index < -0.39 is 4.92 Å². The molecule has 0 spiro atoms. The van der Waals surface area contributed by atoms with Crippen LogP contribution in [0.25, 0.3) is 0 Å². The molecule has 110 valence electrons. The molecular formula is C15H17N3O3. The summed E-state index contributed by atoms with van der Waals surface area (Å²) in [4.78, 5) is 14.8. The Labute approximate surface area is 122 Å². The van der Waals surface area contributed by atoms with Crippen molar-refractivity contribution >= 4 is 5.69 Å². The van der Waals surface area contributed by atoms with Gasteiger partial charge in [-0.05, 0) is 31.7 Å². The van der Waals surface area contributed by atoms with Gasteiger partial charge in [-0.3, -0.25) is 15.1 Å². The average molecular weight is 287 g/mol. The van der Waals surface area contributed by atoms with Crippen molar-refractivity contribution in [1.82, 2.24) is 10.3 Å². The number of nitro benzene ring substituents is 1. The minimum atomic E-state index is -0.467. The van der Waals surface area contributed by atoms with Gasteiger partial charge < -0.3 is 10.1 Å². The van der Waals surface area contributed by atoms with E-state index in [1.165, 1.54) is 6.07 Å². The monoisotopic (exact) mass is 287 g/mol. The van der Waals surface area contributed by atoms with Gasteiger partial charge in [0.05, 0.1) is 16.8 Å². The number of nitrogens with one attached hydrogen (secondary N) is 1. The fourth-order valence-corrected chi connectivity index (χ4v) is 2.04. The van der Waals surface area contributed by atoms with Gasteiger partial charge in [0.25, 0.3) is 0 Å². The number of benzene rings is 1. The fourth-order valence-electron chi connectivity index (χ4n) is 2.04. The lowest BCUT2D eigenvalue weighted by Crippen LogP contribution is -2.16. The van der Waals surface area contributed by atoms with Gasteiger partial charge in [0.2, 0.25) is 5.75 Å². The van der Waals surface area contributed by atoms with Gasteiger partial charge in [-0.25, -0.2) is 0 Å². The van der Waals surface area contributed by atoms with E-state index >= 15 is 0 Å². The smallest absolute Gasteiger partial charge is 0.311 e. The molecule has 0 fully saturated rings. The molecule has 0 radical (unpaired) electrons. The van der Waals surface area contributed by atoms with Crippen LogP contribution in [0.3, 0.4) is 0 Å². The molecule has 0 bridgehead atoms. The highest BCUT2D eigenvalue weighted by atomic mass is 16.6. The van der Waals surface area contributed by atoms with Crippen LogP contribution in [0.2, 0.25) is 0 Å². The molecule has 1 atom stereocenters. The predicted molar refractivity (Wildman–Crippen MR) is 79.5 cm³/mol. The first-order chi connectivity index (χ1) is 10.2. The Morgan fingerprint density at radius 1 is 1.33 bits per heavy atom. The highest BCUT2D eigenvalue weighted by Crippen LogP contribution is 2.30. The van der Waals surface area contributed by atoms with Crippen molar-refractivity contribution < 1.29 is 9.66 Å². The van der Waals surface area contributed by atoms with Crippen molar-refractivity contribution in [3.8, 4) is 11.5 Å². The number of hydrogen-bond donors (Lipinski definition) is 1. The summed E-state index contributed by atoms with van der Waals surface area (Å²) in [6.45, 7) is 2.07. The molecule has 0 saturated heterocycles. The lowest BCUT2D eigenvalue weighted by molar-refractivity contribution is -0.385. The van der Waals surface area contributed by atoms with Gasteiger partial charge >= 0.3 is 5.69 Å². The summed E-state index contributed by atoms with van der Waals surface area (Å²) in [6.07, 6.45) is 2.50. The Bertz CT molecular complexity index is 610. The van der Waals surface area contributed by atoms with Crippen LogP contribution in [0.1, 0.15) is 25.1 Å². The van der Waals surface area contributed by atoms with Gasteiger partial charge in [-0.2, -0.15) is 0 Å². The third-order valence-electron chi connectivity index (χ3n) is 3.16. The molecule has 1 unspecified atom stereocenters. The average Bonchev–Trinajstić information content (AvgIpc) is 2.50. The number of aromatic nitrogens is 1. The van der Waals surface area contributed by atoms with Crippen LogP contribution < -0.4 is 10.1 Å². The maximum atomic E-state index is 10.9. The second-order valence-corrected chi connectivity index (χ2v) is 4.50. The summed E-state index contributed by atoms with van der Waals surface area (Å²) in [6, 6.07) is 10.1. The van der Waals surface area contributed by atoms with E-state index in [-0.39, 0.29) is 17.5 Å². The van der Waals surface area contributed by atoms with E-state index in [0.29, 0.717) is 5.75 Å². The topological polar surface area (TPSA) is 77.3 Å². The molecule has 1 heterocycles. The number of nitrogens with zero attached hydrogens (tertiary/aromatic N) is 2. The summed E-state index contributed by atoms with van der Waals surface area (Å²) in [5.74, 6) is 0.678. The Kier molecular flexibility index (Phi) is 4.84. The Balaban J connectivity index is 2.19. The standard InChI is InChI=1S/C15H17N3O3/c1-3-12(16-2)13-9-8-11(10-17-13)21-15-7-5-4-6-14(15)18(19)20/h4-10,12,16H,3H2,1-2H3. The van der Waals surface area contributed by atoms with E-state index in [0.717, 1.165) is 12.1 Å². The predicted octanol–water partition coefficient (Wildman–Crippen LogP) is 3.45. The zero-order valence-corrected chi connectivity index (χ0v) is 11.9. The van der Waals surface area contributed by atoms with Crippen LogP contribution in [-0.2, 0) is 0 Å². The molecule has 0 aliphatic heterocycles. The van der Waals surface area contributed by atoms with Crippen LogP contribution in [-0.4, -0.2) is 17.0 Å². The van der Waals surface area contributed by atoms with E-state index in [9.17, 15) is 10.1 Å². The van der Waals surface area contributed by atoms with Crippen molar-refractivity contribution in [2.75, 3.05) is 7.05 Å². The zero-order valence-electron chi connectivity index (χ0n) is 11.9. The van der Waals surface area contributed by atoms with Crippen molar-refractivity contribution in [3.05, 3.63) is 58.4 Å². The molecule has 0 aliphatic rings. The van der Waals surface area contributed by atoms with Crippen molar-refractivity contribution in [2.45, 2.75) is 19.4 Å². The highest BCUT2D eigenvalue weighted by Gasteiger charge is 2.15. The SMILES string of the molecule is CCC(NC)c1ccc(Oc2ccccc2[N+](=O)[O-])cn1. The van der Waals surface area contributed by atoms with Crippen LogP contribution in [0.4, 0.5) is 5.69 Å². The maximum absolute atomic E-state index is 10.9. The minimum Gasteiger partial charge on any atom is -0.449 e. The molecule has 21 heavy (non-hydrogen) atoms. The molecule has 2 aromatic rings. The fraction of sp³-hybridized carbons (Fsp3) is 0.267. The van der Waals surface area contributed by atoms with Gasteiger partial charge in [0.1, 0.15) is 5.75 Å². The molecule has 1 N–H and O–H groups in total. The largest absolute Gasteiger partial charge is 0.449 e. The first-order valence-electron chi connectivity index (χ1n) is 6.70. The zero-order chi connectivity index (χ0) is 15.2. The molecular weight excluding hydrogens is 270 g/mol. The first kappa shape index (κ1) is 14.9. The molecule has 2 rings (SSSR count). The molecule has 6 nitrogen and oxygen atoms in total. The van der Waals surface area contributed by atoms with E-state index in [1.807, 2.05) is 13.1 Å². The van der Waals surface area contributed by atoms with Crippen LogP contribution >= 0.6 is 0 Å². The first-order valence-corrected chi connectivity index (χ1v) is 6.70. The number of pyridine rings is 1. The minimum absolute atomic E-state index is 0.0664. The van der Waals surface area contributed by atoms with E-state index in [1.54, 1.807) is 30.5 Å². The molecule has 1 aromatic heterocycles. The van der Waals surface area contributed by atoms with E-state index in [4.69, 9.17) is 4.74 Å². The van der Waals surface area contributed by atoms with Crippen LogP contribution in [0, 0.1) is 10.1 Å². The number of nitro groups is 1. The summed E-state index contributed by atoms with van der Waals surface area (Å²) in [5.41, 5.74) is 0.846. The van der Waals surface area contributed by atoms with Gasteiger partial charge in [0, 0.05) is 12.1 Å². The van der Waals surface area contributed by atoms with Gasteiger partial charge in [-0.1, -0.05) is 19.1 Å². The molecule has 6 heteroatoms. The number of para-hydroxylation sites is 2. The van der Waals surface area contributed by atoms with Gasteiger partial charge in [0.15, 0.2) is 0 Å². The molecule has 0 saturated carbocycles. The lowest BCUT2D eigenvalue weighted by atomic mass is 10.1. The Hall–Kier alpha value is -2.47. The van der Waals surface area contributed by atoms with Crippen LogP contribution in [0.5, 0.6) is 11.5 Å². The quantitative estimate of drug-likeness (QED) is 0.650. The normalized spacial score (nSPS) is 11.9. The maximum Gasteiger partial charge on any atom is 0.311 e. The van der Waals surface area contributed by atoms with Crippen molar-refractivity contribution in [1.29, 1.82) is 0 Å². The summed E-state index contributed by atoms with van der Waals surface area (Å²) < 4.78 is 5.55. The van der Waals surface area contributed by atoms with E-state index in [2.05, 4.69) is 17.2 Å². The second kappa shape index (κ2) is 6.81. The summed E-state index contributed by atoms with van der Waals surface area (Å²) >= 11 is 0. The summed E-state index contributed by atoms with van der Waals surface area (Å²) in [7, 11) is 1.88. The molecule has 1 aromatic carbocycles. The van der Waals surface area contributed by atoms with Crippen molar-refractivity contribution in [2.24, 2.45) is 0 Å². The third-order valence-corrected chi connectivity index (χ3v) is 3.16. The molecule has 0 amide bonds. The van der Waals surface area contributed by atoms with Gasteiger partial charge in [-0.15, -0.1) is 0 Å². The molecule has 0 aliphatic carbocycles. The highest BCUT2D eigenvalue weighted by molar-refractivity contribution is 5.47. The van der Waals surface area contributed by atoms with Crippen LogP contribution in [0.15, 0.2) is 42.6 Å². The second-order valence-electron chi connectivity index (χ2n) is 4.50. The lowest BCUT2D eigenvalue weighted by Gasteiger charge is -2.13. The Morgan fingerprint density at radius 3 is 2.67 bits per heavy atom. The Morgan fingerprint density at radius 2 is 2.10 bits per heavy atom. The third kappa shape index (κ3) is 3.55.